The molecule has 0 amide bonds. The summed E-state index contributed by atoms with van der Waals surface area (Å²) >= 11 is 0. The summed E-state index contributed by atoms with van der Waals surface area (Å²) in [4.78, 5) is -2.32. The molecule has 0 aliphatic heterocycles. The number of unbranched alkanes of at least 4 members (excludes halogenated alkanes) is 1. The molecule has 134 valence electrons. The fraction of sp³-hybridized carbons (Fsp3) is 1.00. The van der Waals surface area contributed by atoms with E-state index in [1.54, 1.807) is 0 Å². The van der Waals surface area contributed by atoms with Crippen LogP contribution in [-0.2, 0) is 0 Å². The molecular formula is C9H9F12N. The highest BCUT2D eigenvalue weighted by atomic mass is 19.4. The molecular weight excluding hydrogens is 350 g/mol. The lowest BCUT2D eigenvalue weighted by molar-refractivity contribution is -0.448. The second-order valence-electron chi connectivity index (χ2n) is 4.16. The Bertz CT molecular complexity index is 368. The van der Waals surface area contributed by atoms with E-state index in [4.69, 9.17) is 0 Å². The van der Waals surface area contributed by atoms with Crippen molar-refractivity contribution in [3.05, 3.63) is 0 Å². The number of hydrogen-bond donors (Lipinski definition) is 0. The van der Waals surface area contributed by atoms with E-state index in [-0.39, 0.29) is 6.42 Å². The Labute approximate surface area is 115 Å². The van der Waals surface area contributed by atoms with Crippen LogP contribution in [0.3, 0.4) is 0 Å². The van der Waals surface area contributed by atoms with Crippen LogP contribution in [0.4, 0.5) is 52.7 Å². The molecule has 1 nitrogen and oxygen atoms in total. The highest BCUT2D eigenvalue weighted by Crippen LogP contribution is 2.55. The molecule has 0 heterocycles. The number of rotatable bonds is 6. The highest BCUT2D eigenvalue weighted by molar-refractivity contribution is 5.00. The van der Waals surface area contributed by atoms with Crippen LogP contribution in [0.1, 0.15) is 19.8 Å². The Morgan fingerprint density at radius 2 is 1.09 bits per heavy atom. The van der Waals surface area contributed by atoms with Crippen LogP contribution in [-0.4, -0.2) is 41.8 Å². The van der Waals surface area contributed by atoms with Gasteiger partial charge in [0.25, 0.3) is 0 Å². The summed E-state index contributed by atoms with van der Waals surface area (Å²) in [6.07, 6.45) is -14.4. The molecule has 0 aliphatic rings. The maximum atomic E-state index is 13.2. The zero-order chi connectivity index (χ0) is 18.2. The van der Waals surface area contributed by atoms with Crippen LogP contribution in [0, 0.1) is 0 Å². The van der Waals surface area contributed by atoms with E-state index in [2.05, 4.69) is 0 Å². The molecule has 0 bridgehead atoms. The summed E-state index contributed by atoms with van der Waals surface area (Å²) in [5.41, 5.74) is 0. The van der Waals surface area contributed by atoms with Crippen molar-refractivity contribution in [2.24, 2.45) is 0 Å². The van der Waals surface area contributed by atoms with E-state index < -0.39 is 48.2 Å². The van der Waals surface area contributed by atoms with Gasteiger partial charge in [-0.25, -0.2) is 0 Å². The Morgan fingerprint density at radius 3 is 1.36 bits per heavy atom. The van der Waals surface area contributed by atoms with Crippen molar-refractivity contribution in [2.75, 3.05) is 6.54 Å². The summed E-state index contributed by atoms with van der Waals surface area (Å²) in [6.45, 7) is -0.717. The van der Waals surface area contributed by atoms with E-state index in [0.29, 0.717) is 0 Å². The number of hydrogen-bond acceptors (Lipinski definition) is 1. The first kappa shape index (κ1) is 21.1. The van der Waals surface area contributed by atoms with E-state index in [9.17, 15) is 52.7 Å². The summed E-state index contributed by atoms with van der Waals surface area (Å²) < 4.78 is 150. The molecule has 13 heteroatoms. The summed E-state index contributed by atoms with van der Waals surface area (Å²) in [5, 5.41) is 0. The second kappa shape index (κ2) is 5.96. The van der Waals surface area contributed by atoms with Crippen LogP contribution < -0.4 is 0 Å². The zero-order valence-electron chi connectivity index (χ0n) is 10.6. The average Bonchev–Trinajstić information content (AvgIpc) is 2.25. The monoisotopic (exact) mass is 359 g/mol. The topological polar surface area (TPSA) is 3.24 Å². The van der Waals surface area contributed by atoms with E-state index >= 15 is 0 Å². The van der Waals surface area contributed by atoms with Gasteiger partial charge in [0.15, 0.2) is 0 Å². The fourth-order valence-electron chi connectivity index (χ4n) is 1.28. The van der Waals surface area contributed by atoms with Crippen molar-refractivity contribution in [1.82, 2.24) is 4.90 Å². The molecule has 0 spiro atoms. The molecule has 0 rings (SSSR count). The van der Waals surface area contributed by atoms with Gasteiger partial charge in [-0.1, -0.05) is 13.3 Å². The molecule has 0 aromatic rings. The Balaban J connectivity index is 5.92. The van der Waals surface area contributed by atoms with Gasteiger partial charge in [0.2, 0.25) is 0 Å². The van der Waals surface area contributed by atoms with E-state index in [1.165, 1.54) is 0 Å². The molecule has 0 unspecified atom stereocenters. The number of alkyl halides is 12. The minimum atomic E-state index is -7.36. The van der Waals surface area contributed by atoms with Gasteiger partial charge >= 0.3 is 30.4 Å². The minimum absolute atomic E-state index is 0.232. The molecule has 0 fully saturated rings. The molecule has 0 saturated carbocycles. The van der Waals surface area contributed by atoms with Crippen molar-refractivity contribution in [2.45, 2.75) is 50.1 Å². The van der Waals surface area contributed by atoms with Crippen LogP contribution in [0.2, 0.25) is 0 Å². The zero-order valence-corrected chi connectivity index (χ0v) is 10.6. The molecule has 0 radical (unpaired) electrons. The lowest BCUT2D eigenvalue weighted by atomic mass is 10.1. The van der Waals surface area contributed by atoms with Gasteiger partial charge < -0.3 is 0 Å². The first-order chi connectivity index (χ1) is 9.44. The second-order valence-corrected chi connectivity index (χ2v) is 4.16. The van der Waals surface area contributed by atoms with Crippen molar-refractivity contribution in [3.63, 3.8) is 0 Å². The van der Waals surface area contributed by atoms with Crippen molar-refractivity contribution < 1.29 is 52.7 Å². The van der Waals surface area contributed by atoms with Gasteiger partial charge in [0, 0.05) is 6.54 Å². The molecule has 22 heavy (non-hydrogen) atoms. The standard InChI is InChI=1S/C9H9F12N/c1-2-3-4-22(9(19,20)21)8(17,18)6(12,13)5(10,11)7(14,15)16/h2-4H2,1H3. The lowest BCUT2D eigenvalue weighted by Crippen LogP contribution is -2.68. The maximum Gasteiger partial charge on any atom is 0.464 e. The molecule has 0 aliphatic carbocycles. The van der Waals surface area contributed by atoms with Gasteiger partial charge in [-0.2, -0.15) is 52.7 Å². The summed E-state index contributed by atoms with van der Waals surface area (Å²) in [6, 6.07) is -6.81. The fourth-order valence-corrected chi connectivity index (χ4v) is 1.28. The normalized spacial score (nSPS) is 15.5. The van der Waals surface area contributed by atoms with E-state index in [0.717, 1.165) is 6.92 Å². The van der Waals surface area contributed by atoms with Crippen molar-refractivity contribution >= 4 is 0 Å². The van der Waals surface area contributed by atoms with Crippen LogP contribution in [0.15, 0.2) is 0 Å². The molecule has 0 aromatic heterocycles. The molecule has 0 saturated heterocycles. The van der Waals surface area contributed by atoms with Gasteiger partial charge in [0.05, 0.1) is 0 Å². The van der Waals surface area contributed by atoms with Crippen LogP contribution in [0.25, 0.3) is 0 Å². The van der Waals surface area contributed by atoms with E-state index in [1.807, 2.05) is 0 Å². The summed E-state index contributed by atoms with van der Waals surface area (Å²) in [7, 11) is 0. The third kappa shape index (κ3) is 3.54. The number of nitrogens with zero attached hydrogens (tertiary/aromatic N) is 1. The Hall–Kier alpha value is -0.880. The number of halogens is 12. The third-order valence-corrected chi connectivity index (χ3v) is 2.51. The molecule has 0 aromatic carbocycles. The van der Waals surface area contributed by atoms with Gasteiger partial charge in [-0.3, -0.25) is 0 Å². The minimum Gasteiger partial charge on any atom is -0.191 e. The van der Waals surface area contributed by atoms with Gasteiger partial charge in [-0.05, 0) is 6.42 Å². The third-order valence-electron chi connectivity index (χ3n) is 2.51. The van der Waals surface area contributed by atoms with Crippen molar-refractivity contribution in [1.29, 1.82) is 0 Å². The summed E-state index contributed by atoms with van der Waals surface area (Å²) in [5.74, 6) is -14.7. The first-order valence-electron chi connectivity index (χ1n) is 5.49. The van der Waals surface area contributed by atoms with Crippen LogP contribution >= 0.6 is 0 Å². The predicted octanol–water partition coefficient (Wildman–Crippen LogP) is 5.03. The van der Waals surface area contributed by atoms with Crippen molar-refractivity contribution in [3.8, 4) is 0 Å². The maximum absolute atomic E-state index is 13.2. The molecule has 0 N–H and O–H groups in total. The smallest absolute Gasteiger partial charge is 0.191 e. The first-order valence-corrected chi connectivity index (χ1v) is 5.49. The lowest BCUT2D eigenvalue weighted by Gasteiger charge is -2.39. The highest BCUT2D eigenvalue weighted by Gasteiger charge is 2.84. The van der Waals surface area contributed by atoms with Gasteiger partial charge in [0.1, 0.15) is 0 Å². The average molecular weight is 359 g/mol. The predicted molar refractivity (Wildman–Crippen MR) is 48.6 cm³/mol. The Kier molecular flexibility index (Phi) is 5.72. The molecule has 0 atom stereocenters. The van der Waals surface area contributed by atoms with Gasteiger partial charge in [-0.15, -0.1) is 4.90 Å². The Morgan fingerprint density at radius 1 is 0.682 bits per heavy atom. The SMILES string of the molecule is CCCCN(C(F)(F)F)C(F)(F)C(F)(F)C(F)(F)C(F)(F)F. The quantitative estimate of drug-likeness (QED) is 0.475. The van der Waals surface area contributed by atoms with Crippen LogP contribution in [0.5, 0.6) is 0 Å². The largest absolute Gasteiger partial charge is 0.464 e.